The molecule has 0 amide bonds. The maximum Gasteiger partial charge on any atom is 0.271 e. The lowest BCUT2D eigenvalue weighted by molar-refractivity contribution is 0.600. The Morgan fingerprint density at radius 3 is 2.65 bits per heavy atom. The molecule has 1 aromatic carbocycles. The Kier molecular flexibility index (Phi) is 4.28. The number of nitrogens with one attached hydrogen (secondary N) is 1. The van der Waals surface area contributed by atoms with Crippen LogP contribution in [0.2, 0.25) is 5.02 Å². The topological polar surface area (TPSA) is 72.2 Å². The van der Waals surface area contributed by atoms with Gasteiger partial charge in [0.25, 0.3) is 10.0 Å². The van der Waals surface area contributed by atoms with Crippen molar-refractivity contribution in [2.45, 2.75) is 4.21 Å². The second kappa shape index (κ2) is 5.65. The van der Waals surface area contributed by atoms with E-state index in [-0.39, 0.29) is 19.9 Å². The first-order valence-electron chi connectivity index (χ1n) is 5.18. The van der Waals surface area contributed by atoms with Crippen LogP contribution in [0, 0.1) is 5.82 Å². The van der Waals surface area contributed by atoms with Crippen LogP contribution in [0.1, 0.15) is 4.88 Å². The van der Waals surface area contributed by atoms with Gasteiger partial charge in [-0.3, -0.25) is 4.72 Å². The quantitative estimate of drug-likeness (QED) is 0.831. The van der Waals surface area contributed by atoms with Crippen molar-refractivity contribution in [1.29, 1.82) is 0 Å². The Balaban J connectivity index is 2.35. The fourth-order valence-corrected chi connectivity index (χ4v) is 3.96. The maximum absolute atomic E-state index is 13.7. The number of halogens is 2. The van der Waals surface area contributed by atoms with Gasteiger partial charge in [0.1, 0.15) is 9.20 Å². The van der Waals surface area contributed by atoms with Crippen LogP contribution < -0.4 is 10.5 Å². The Labute approximate surface area is 129 Å². The number of sulfonamides is 1. The third-order valence-corrected chi connectivity index (χ3v) is 5.90. The average molecular weight is 351 g/mol. The van der Waals surface area contributed by atoms with E-state index in [4.69, 9.17) is 29.6 Å². The first-order valence-corrected chi connectivity index (χ1v) is 8.26. The summed E-state index contributed by atoms with van der Waals surface area (Å²) < 4.78 is 40.0. The Bertz CT molecular complexity index is 774. The summed E-state index contributed by atoms with van der Waals surface area (Å²) in [6.45, 7) is 0. The zero-order valence-corrected chi connectivity index (χ0v) is 13.0. The van der Waals surface area contributed by atoms with Gasteiger partial charge in [-0.15, -0.1) is 11.3 Å². The lowest BCUT2D eigenvalue weighted by atomic mass is 10.3. The van der Waals surface area contributed by atoms with Gasteiger partial charge < -0.3 is 5.73 Å². The molecular weight excluding hydrogens is 343 g/mol. The lowest BCUT2D eigenvalue weighted by Crippen LogP contribution is -2.12. The molecule has 2 aromatic rings. The highest BCUT2D eigenvalue weighted by molar-refractivity contribution is 7.94. The van der Waals surface area contributed by atoms with E-state index in [2.05, 4.69) is 4.72 Å². The van der Waals surface area contributed by atoms with Gasteiger partial charge in [-0.2, -0.15) is 0 Å². The predicted molar refractivity (Wildman–Crippen MR) is 82.4 cm³/mol. The Hall–Kier alpha value is -1.22. The minimum atomic E-state index is -3.91. The smallest absolute Gasteiger partial charge is 0.271 e. The number of anilines is 1. The van der Waals surface area contributed by atoms with E-state index in [1.807, 2.05) is 0 Å². The van der Waals surface area contributed by atoms with Gasteiger partial charge in [0, 0.05) is 0 Å². The number of hydrogen-bond donors (Lipinski definition) is 2. The summed E-state index contributed by atoms with van der Waals surface area (Å²) in [5.41, 5.74) is 5.20. The minimum Gasteiger partial charge on any atom is -0.389 e. The van der Waals surface area contributed by atoms with Gasteiger partial charge in [0.2, 0.25) is 0 Å². The molecule has 0 aliphatic rings. The number of nitrogens with two attached hydrogens (primary N) is 1. The van der Waals surface area contributed by atoms with Crippen LogP contribution in [0.25, 0.3) is 0 Å². The first-order chi connectivity index (χ1) is 9.31. The van der Waals surface area contributed by atoms with Crippen LogP contribution in [-0.4, -0.2) is 13.4 Å². The fraction of sp³-hybridized carbons (Fsp3) is 0. The summed E-state index contributed by atoms with van der Waals surface area (Å²) >= 11 is 11.3. The van der Waals surface area contributed by atoms with Crippen molar-refractivity contribution in [3.8, 4) is 0 Å². The highest BCUT2D eigenvalue weighted by Gasteiger charge is 2.20. The van der Waals surface area contributed by atoms with Crippen LogP contribution in [-0.2, 0) is 10.0 Å². The summed E-state index contributed by atoms with van der Waals surface area (Å²) in [4.78, 5) is 0.567. The van der Waals surface area contributed by atoms with Crippen molar-refractivity contribution >= 4 is 55.9 Å². The zero-order chi connectivity index (χ0) is 14.9. The third kappa shape index (κ3) is 3.09. The van der Waals surface area contributed by atoms with Crippen LogP contribution in [0.3, 0.4) is 0 Å². The molecule has 0 fully saturated rings. The fourth-order valence-electron chi connectivity index (χ4n) is 1.37. The van der Waals surface area contributed by atoms with Crippen molar-refractivity contribution in [1.82, 2.24) is 0 Å². The van der Waals surface area contributed by atoms with Gasteiger partial charge in [-0.05, 0) is 24.3 Å². The molecule has 0 radical (unpaired) electrons. The molecular formula is C11H8ClFN2O2S3. The maximum atomic E-state index is 13.7. The first kappa shape index (κ1) is 15.2. The standard InChI is InChI=1S/C11H8ClFN2O2S3/c12-6-2-1-3-7(10(6)13)15-20(16,17)9-5-4-8(19-9)11(14)18/h1-5,15H,(H2,14,18). The molecule has 0 bridgehead atoms. The van der Waals surface area contributed by atoms with E-state index < -0.39 is 15.8 Å². The van der Waals surface area contributed by atoms with Gasteiger partial charge >= 0.3 is 0 Å². The van der Waals surface area contributed by atoms with Crippen molar-refractivity contribution < 1.29 is 12.8 Å². The predicted octanol–water partition coefficient (Wildman–Crippen LogP) is 2.98. The molecule has 0 saturated carbocycles. The molecule has 20 heavy (non-hydrogen) atoms. The number of thiocarbonyl (C=S) groups is 1. The molecule has 3 N–H and O–H groups in total. The van der Waals surface area contributed by atoms with Gasteiger partial charge in [-0.25, -0.2) is 12.8 Å². The molecule has 0 aliphatic carbocycles. The summed E-state index contributed by atoms with van der Waals surface area (Å²) in [5, 5.41) is -0.166. The summed E-state index contributed by atoms with van der Waals surface area (Å²) in [5.74, 6) is -0.830. The average Bonchev–Trinajstić information content (AvgIpc) is 2.85. The van der Waals surface area contributed by atoms with Crippen molar-refractivity contribution in [2.24, 2.45) is 5.73 Å². The van der Waals surface area contributed by atoms with E-state index in [0.717, 1.165) is 11.3 Å². The van der Waals surface area contributed by atoms with Crippen molar-refractivity contribution in [2.75, 3.05) is 4.72 Å². The van der Waals surface area contributed by atoms with Crippen LogP contribution in [0.5, 0.6) is 0 Å². The molecule has 1 aromatic heterocycles. The van der Waals surface area contributed by atoms with Gasteiger partial charge in [-0.1, -0.05) is 29.9 Å². The van der Waals surface area contributed by atoms with Crippen molar-refractivity contribution in [3.63, 3.8) is 0 Å². The summed E-state index contributed by atoms with van der Waals surface area (Å²) in [6, 6.07) is 6.89. The Morgan fingerprint density at radius 2 is 2.05 bits per heavy atom. The molecule has 106 valence electrons. The lowest BCUT2D eigenvalue weighted by Gasteiger charge is -2.07. The summed E-state index contributed by atoms with van der Waals surface area (Å²) in [7, 11) is -3.91. The molecule has 0 saturated heterocycles. The number of rotatable bonds is 4. The van der Waals surface area contributed by atoms with Gasteiger partial charge in [0.15, 0.2) is 5.82 Å². The van der Waals surface area contributed by atoms with Crippen LogP contribution >= 0.6 is 35.2 Å². The second-order valence-corrected chi connectivity index (χ2v) is 7.53. The van der Waals surface area contributed by atoms with Crippen LogP contribution in [0.15, 0.2) is 34.5 Å². The molecule has 9 heteroatoms. The van der Waals surface area contributed by atoms with Crippen LogP contribution in [0.4, 0.5) is 10.1 Å². The van der Waals surface area contributed by atoms with E-state index in [9.17, 15) is 12.8 Å². The molecule has 0 atom stereocenters. The molecule has 0 spiro atoms. The highest BCUT2D eigenvalue weighted by atomic mass is 35.5. The largest absolute Gasteiger partial charge is 0.389 e. The zero-order valence-electron chi connectivity index (χ0n) is 9.76. The third-order valence-electron chi connectivity index (χ3n) is 2.28. The monoisotopic (exact) mass is 350 g/mol. The highest BCUT2D eigenvalue weighted by Crippen LogP contribution is 2.27. The minimum absolute atomic E-state index is 0.0142. The Morgan fingerprint density at radius 1 is 1.35 bits per heavy atom. The van der Waals surface area contributed by atoms with E-state index in [1.54, 1.807) is 0 Å². The molecule has 2 rings (SSSR count). The molecule has 1 heterocycles. The van der Waals surface area contributed by atoms with Crippen molar-refractivity contribution in [3.05, 3.63) is 46.0 Å². The molecule has 4 nitrogen and oxygen atoms in total. The van der Waals surface area contributed by atoms with Gasteiger partial charge in [0.05, 0.1) is 15.6 Å². The SMILES string of the molecule is NC(=S)c1ccc(S(=O)(=O)Nc2cccc(Cl)c2F)s1. The van der Waals surface area contributed by atoms with E-state index in [0.29, 0.717) is 4.88 Å². The molecule has 0 aliphatic heterocycles. The number of hydrogen-bond acceptors (Lipinski definition) is 4. The number of benzene rings is 1. The normalized spacial score (nSPS) is 11.3. The number of thiophene rings is 1. The van der Waals surface area contributed by atoms with E-state index in [1.165, 1.54) is 30.3 Å². The second-order valence-electron chi connectivity index (χ2n) is 3.69. The summed E-state index contributed by atoms with van der Waals surface area (Å²) in [6.07, 6.45) is 0. The molecule has 0 unspecified atom stereocenters. The van der Waals surface area contributed by atoms with E-state index >= 15 is 0 Å².